The topological polar surface area (TPSA) is 78.5 Å². The van der Waals surface area contributed by atoms with Crippen LogP contribution in [0.1, 0.15) is 34.8 Å². The second kappa shape index (κ2) is 7.02. The molecule has 0 unspecified atom stereocenters. The predicted molar refractivity (Wildman–Crippen MR) is 97.9 cm³/mol. The number of carbonyl (C=O) groups is 1. The molecule has 2 fully saturated rings. The molecule has 27 heavy (non-hydrogen) atoms. The molecule has 4 rings (SSSR count). The van der Waals surface area contributed by atoms with Crippen LogP contribution in [0.15, 0.2) is 29.1 Å². The molecule has 8 heteroatoms. The minimum atomic E-state index is -0.772. The number of ether oxygens (including phenoxy) is 1. The Hall–Kier alpha value is -2.90. The predicted octanol–water partition coefficient (Wildman–Crippen LogP) is 1.76. The minimum Gasteiger partial charge on any atom is -0.496 e. The van der Waals surface area contributed by atoms with Crippen molar-refractivity contribution in [1.82, 2.24) is 14.9 Å². The van der Waals surface area contributed by atoms with Crippen LogP contribution >= 0.6 is 0 Å². The molecule has 1 saturated carbocycles. The zero-order valence-electron chi connectivity index (χ0n) is 15.1. The van der Waals surface area contributed by atoms with Gasteiger partial charge in [-0.2, -0.15) is 4.39 Å². The Morgan fingerprint density at radius 2 is 1.93 bits per heavy atom. The summed E-state index contributed by atoms with van der Waals surface area (Å²) in [6, 6.07) is 7.13. The number of piperazine rings is 1. The third-order valence-corrected chi connectivity index (χ3v) is 5.04. The van der Waals surface area contributed by atoms with Crippen molar-refractivity contribution >= 4 is 11.9 Å². The third-order valence-electron chi connectivity index (χ3n) is 5.04. The number of methoxy groups -OCH3 is 1. The van der Waals surface area contributed by atoms with Crippen molar-refractivity contribution in [3.63, 3.8) is 0 Å². The van der Waals surface area contributed by atoms with Gasteiger partial charge in [0.05, 0.1) is 18.4 Å². The maximum absolute atomic E-state index is 14.0. The molecular formula is C19H21FN4O3. The summed E-state index contributed by atoms with van der Waals surface area (Å²) in [5.41, 5.74) is 0.0634. The third kappa shape index (κ3) is 3.39. The largest absolute Gasteiger partial charge is 0.496 e. The van der Waals surface area contributed by atoms with Crippen LogP contribution in [-0.4, -0.2) is 54.1 Å². The lowest BCUT2D eigenvalue weighted by atomic mass is 10.1. The van der Waals surface area contributed by atoms with E-state index in [2.05, 4.69) is 9.97 Å². The highest BCUT2D eigenvalue weighted by atomic mass is 19.1. The monoisotopic (exact) mass is 372 g/mol. The average Bonchev–Trinajstić information content (AvgIpc) is 3.54. The molecule has 1 amide bonds. The first-order valence-corrected chi connectivity index (χ1v) is 9.05. The van der Waals surface area contributed by atoms with Crippen LogP contribution in [0.2, 0.25) is 0 Å². The summed E-state index contributed by atoms with van der Waals surface area (Å²) < 4.78 is 19.2. The number of carbonyl (C=O) groups excluding carboxylic acids is 1. The summed E-state index contributed by atoms with van der Waals surface area (Å²) in [5, 5.41) is 0. The fraction of sp³-hybridized carbons (Fsp3) is 0.421. The van der Waals surface area contributed by atoms with E-state index in [1.54, 1.807) is 23.1 Å². The molecule has 0 bridgehead atoms. The smallest absolute Gasteiger partial charge is 0.288 e. The van der Waals surface area contributed by atoms with Crippen LogP contribution in [0.4, 0.5) is 10.3 Å². The molecule has 2 aliphatic rings. The van der Waals surface area contributed by atoms with Gasteiger partial charge in [0.25, 0.3) is 11.5 Å². The van der Waals surface area contributed by atoms with Crippen LogP contribution in [0.5, 0.6) is 5.75 Å². The molecule has 7 nitrogen and oxygen atoms in total. The zero-order chi connectivity index (χ0) is 19.0. The number of para-hydroxylation sites is 1. The van der Waals surface area contributed by atoms with E-state index in [4.69, 9.17) is 4.74 Å². The van der Waals surface area contributed by atoms with Gasteiger partial charge in [-0.05, 0) is 25.0 Å². The van der Waals surface area contributed by atoms with Crippen molar-refractivity contribution < 1.29 is 13.9 Å². The highest BCUT2D eigenvalue weighted by molar-refractivity contribution is 5.97. The van der Waals surface area contributed by atoms with Gasteiger partial charge in [0, 0.05) is 32.1 Å². The molecule has 1 aliphatic carbocycles. The molecule has 1 N–H and O–H groups in total. The van der Waals surface area contributed by atoms with Crippen molar-refractivity contribution in [2.24, 2.45) is 0 Å². The van der Waals surface area contributed by atoms with Crippen molar-refractivity contribution in [2.75, 3.05) is 38.2 Å². The zero-order valence-corrected chi connectivity index (χ0v) is 15.1. The first kappa shape index (κ1) is 17.5. The molecule has 2 aromatic rings. The van der Waals surface area contributed by atoms with Crippen LogP contribution in [0, 0.1) is 5.82 Å². The van der Waals surface area contributed by atoms with Crippen molar-refractivity contribution in [1.29, 1.82) is 0 Å². The fourth-order valence-corrected chi connectivity index (χ4v) is 3.35. The molecular weight excluding hydrogens is 351 g/mol. The molecule has 1 aliphatic heterocycles. The summed E-state index contributed by atoms with van der Waals surface area (Å²) >= 11 is 0. The Morgan fingerprint density at radius 1 is 1.22 bits per heavy atom. The normalized spacial score (nSPS) is 17.1. The standard InChI is InChI=1S/C19H21FN4O3/c1-27-14-5-3-2-4-13(14)18(26)23-8-10-24(11-9-23)19-21-16(12-6-7-12)15(20)17(25)22-19/h2-5,12H,6-11H2,1H3,(H,21,22,25). The quantitative estimate of drug-likeness (QED) is 0.885. The average molecular weight is 372 g/mol. The first-order valence-electron chi connectivity index (χ1n) is 9.05. The van der Waals surface area contributed by atoms with Crippen molar-refractivity contribution in [3.8, 4) is 5.75 Å². The lowest BCUT2D eigenvalue weighted by Crippen LogP contribution is -2.49. The van der Waals surface area contributed by atoms with Gasteiger partial charge in [0.1, 0.15) is 5.75 Å². The van der Waals surface area contributed by atoms with E-state index in [1.807, 2.05) is 11.0 Å². The molecule has 142 valence electrons. The number of rotatable bonds is 4. The van der Waals surface area contributed by atoms with E-state index in [0.29, 0.717) is 43.4 Å². The molecule has 1 saturated heterocycles. The molecule has 2 heterocycles. The van der Waals surface area contributed by atoms with Gasteiger partial charge in [-0.1, -0.05) is 12.1 Å². The van der Waals surface area contributed by atoms with Gasteiger partial charge in [0.2, 0.25) is 11.8 Å². The fourth-order valence-electron chi connectivity index (χ4n) is 3.35. The highest BCUT2D eigenvalue weighted by Crippen LogP contribution is 2.39. The van der Waals surface area contributed by atoms with E-state index in [0.717, 1.165) is 12.8 Å². The number of aromatic amines is 1. The number of amides is 1. The van der Waals surface area contributed by atoms with Crippen molar-refractivity contribution in [2.45, 2.75) is 18.8 Å². The summed E-state index contributed by atoms with van der Waals surface area (Å²) in [4.78, 5) is 35.2. The van der Waals surface area contributed by atoms with Gasteiger partial charge in [0.15, 0.2) is 0 Å². The first-order chi connectivity index (χ1) is 13.1. The lowest BCUT2D eigenvalue weighted by Gasteiger charge is -2.35. The van der Waals surface area contributed by atoms with Gasteiger partial charge < -0.3 is 14.5 Å². The van der Waals surface area contributed by atoms with E-state index in [1.165, 1.54) is 7.11 Å². The lowest BCUT2D eigenvalue weighted by molar-refractivity contribution is 0.0743. The Bertz CT molecular complexity index is 917. The number of benzene rings is 1. The summed E-state index contributed by atoms with van der Waals surface area (Å²) in [6.07, 6.45) is 1.74. The van der Waals surface area contributed by atoms with Gasteiger partial charge in [-0.3, -0.25) is 14.6 Å². The summed E-state index contributed by atoms with van der Waals surface area (Å²) in [6.45, 7) is 1.99. The maximum Gasteiger partial charge on any atom is 0.288 e. The van der Waals surface area contributed by atoms with Gasteiger partial charge in [-0.15, -0.1) is 0 Å². The number of hydrogen-bond donors (Lipinski definition) is 1. The second-order valence-corrected chi connectivity index (χ2v) is 6.84. The second-order valence-electron chi connectivity index (χ2n) is 6.84. The van der Waals surface area contributed by atoms with E-state index < -0.39 is 11.4 Å². The Kier molecular flexibility index (Phi) is 4.55. The van der Waals surface area contributed by atoms with E-state index in [9.17, 15) is 14.0 Å². The highest BCUT2D eigenvalue weighted by Gasteiger charge is 2.31. The number of halogens is 1. The Labute approximate surface area is 155 Å². The summed E-state index contributed by atoms with van der Waals surface area (Å²) in [7, 11) is 1.54. The van der Waals surface area contributed by atoms with Crippen LogP contribution in [0.3, 0.4) is 0 Å². The molecule has 0 atom stereocenters. The number of hydrogen-bond acceptors (Lipinski definition) is 5. The SMILES string of the molecule is COc1ccccc1C(=O)N1CCN(c2nc(C3CC3)c(F)c(=O)[nH]2)CC1. The summed E-state index contributed by atoms with van der Waals surface area (Å²) in [5.74, 6) is 0.119. The number of H-pyrrole nitrogens is 1. The number of aromatic nitrogens is 2. The number of nitrogens with zero attached hydrogens (tertiary/aromatic N) is 3. The Morgan fingerprint density at radius 3 is 2.59 bits per heavy atom. The van der Waals surface area contributed by atoms with Crippen LogP contribution in [0.25, 0.3) is 0 Å². The van der Waals surface area contributed by atoms with Gasteiger partial charge >= 0.3 is 0 Å². The maximum atomic E-state index is 14.0. The molecule has 0 radical (unpaired) electrons. The van der Waals surface area contributed by atoms with E-state index in [-0.39, 0.29) is 17.5 Å². The molecule has 1 aromatic heterocycles. The van der Waals surface area contributed by atoms with Crippen LogP contribution in [-0.2, 0) is 0 Å². The number of anilines is 1. The van der Waals surface area contributed by atoms with Crippen LogP contribution < -0.4 is 15.2 Å². The van der Waals surface area contributed by atoms with E-state index >= 15 is 0 Å². The van der Waals surface area contributed by atoms with Crippen molar-refractivity contribution in [3.05, 3.63) is 51.7 Å². The molecule has 0 spiro atoms. The van der Waals surface area contributed by atoms with Gasteiger partial charge in [-0.25, -0.2) is 4.98 Å². The Balaban J connectivity index is 1.48. The minimum absolute atomic E-state index is 0.0551. The number of nitrogens with one attached hydrogen (secondary N) is 1. The molecule has 1 aromatic carbocycles.